The summed E-state index contributed by atoms with van der Waals surface area (Å²) in [6.07, 6.45) is 1.75. The summed E-state index contributed by atoms with van der Waals surface area (Å²) in [6.45, 7) is 3.96. The fraction of sp³-hybridized carbons (Fsp3) is 0.150. The van der Waals surface area contributed by atoms with E-state index in [4.69, 9.17) is 4.52 Å². The molecular weight excluding hydrogens is 314 g/mol. The summed E-state index contributed by atoms with van der Waals surface area (Å²) < 4.78 is 7.31. The third kappa shape index (κ3) is 2.54. The van der Waals surface area contributed by atoms with Crippen LogP contribution in [-0.4, -0.2) is 14.7 Å². The Morgan fingerprint density at radius 1 is 1.04 bits per heavy atom. The standard InChI is InChI=1S/C20H17N3O2/c1-12-8-9-17-15(10-12)18(24)16(11-23(17)3)20-21-19(22-25-20)14-7-5-4-6-13(14)2/h4-11H,1-3H3. The molecule has 0 bridgehead atoms. The maximum absolute atomic E-state index is 12.9. The summed E-state index contributed by atoms with van der Waals surface area (Å²) >= 11 is 0. The molecule has 0 aliphatic heterocycles. The third-order valence-electron chi connectivity index (χ3n) is 4.39. The Morgan fingerprint density at radius 3 is 2.64 bits per heavy atom. The van der Waals surface area contributed by atoms with E-state index < -0.39 is 0 Å². The smallest absolute Gasteiger partial charge is 0.263 e. The second-order valence-electron chi connectivity index (χ2n) is 6.24. The van der Waals surface area contributed by atoms with Gasteiger partial charge in [-0.3, -0.25) is 4.79 Å². The van der Waals surface area contributed by atoms with Gasteiger partial charge in [0.15, 0.2) is 0 Å². The van der Waals surface area contributed by atoms with Gasteiger partial charge in [-0.15, -0.1) is 0 Å². The number of hydrogen-bond acceptors (Lipinski definition) is 4. The van der Waals surface area contributed by atoms with Crippen molar-refractivity contribution >= 4 is 10.9 Å². The molecule has 4 aromatic rings. The maximum atomic E-state index is 12.9. The number of aryl methyl sites for hydroxylation is 3. The summed E-state index contributed by atoms with van der Waals surface area (Å²) in [5.41, 5.74) is 4.17. The van der Waals surface area contributed by atoms with Crippen LogP contribution in [0.15, 0.2) is 58.0 Å². The van der Waals surface area contributed by atoms with Crippen LogP contribution in [0.5, 0.6) is 0 Å². The van der Waals surface area contributed by atoms with E-state index in [0.29, 0.717) is 16.8 Å². The van der Waals surface area contributed by atoms with E-state index in [-0.39, 0.29) is 11.3 Å². The van der Waals surface area contributed by atoms with Gasteiger partial charge in [0.25, 0.3) is 5.89 Å². The molecule has 0 aliphatic rings. The zero-order chi connectivity index (χ0) is 17.6. The van der Waals surface area contributed by atoms with Crippen molar-refractivity contribution in [1.82, 2.24) is 14.7 Å². The zero-order valence-electron chi connectivity index (χ0n) is 14.3. The molecule has 0 amide bonds. The van der Waals surface area contributed by atoms with Crippen molar-refractivity contribution in [2.75, 3.05) is 0 Å². The van der Waals surface area contributed by atoms with E-state index in [1.807, 2.05) is 67.9 Å². The predicted molar refractivity (Wildman–Crippen MR) is 97.4 cm³/mol. The zero-order valence-corrected chi connectivity index (χ0v) is 14.3. The Morgan fingerprint density at radius 2 is 1.84 bits per heavy atom. The number of nitrogens with zero attached hydrogens (tertiary/aromatic N) is 3. The van der Waals surface area contributed by atoms with Crippen LogP contribution in [0.1, 0.15) is 11.1 Å². The maximum Gasteiger partial charge on any atom is 0.263 e. The first kappa shape index (κ1) is 15.3. The molecule has 0 unspecified atom stereocenters. The Balaban J connectivity index is 1.90. The van der Waals surface area contributed by atoms with Crippen LogP contribution in [-0.2, 0) is 7.05 Å². The minimum Gasteiger partial charge on any atom is -0.350 e. The van der Waals surface area contributed by atoms with Gasteiger partial charge in [-0.1, -0.05) is 41.1 Å². The van der Waals surface area contributed by atoms with E-state index in [0.717, 1.165) is 22.2 Å². The summed E-state index contributed by atoms with van der Waals surface area (Å²) in [5.74, 6) is 0.724. The van der Waals surface area contributed by atoms with Crippen molar-refractivity contribution in [1.29, 1.82) is 0 Å². The fourth-order valence-electron chi connectivity index (χ4n) is 3.02. The molecule has 0 saturated heterocycles. The van der Waals surface area contributed by atoms with Crippen molar-refractivity contribution in [3.63, 3.8) is 0 Å². The number of hydrogen-bond donors (Lipinski definition) is 0. The molecule has 0 atom stereocenters. The molecule has 124 valence electrons. The molecule has 5 heteroatoms. The molecule has 0 saturated carbocycles. The van der Waals surface area contributed by atoms with Gasteiger partial charge in [0, 0.05) is 24.2 Å². The Bertz CT molecular complexity index is 1160. The second-order valence-corrected chi connectivity index (χ2v) is 6.24. The van der Waals surface area contributed by atoms with Crippen molar-refractivity contribution in [3.8, 4) is 22.8 Å². The average molecular weight is 331 g/mol. The van der Waals surface area contributed by atoms with Crippen molar-refractivity contribution in [2.24, 2.45) is 7.05 Å². The largest absolute Gasteiger partial charge is 0.350 e. The third-order valence-corrected chi connectivity index (χ3v) is 4.39. The highest BCUT2D eigenvalue weighted by atomic mass is 16.5. The molecule has 0 fully saturated rings. The van der Waals surface area contributed by atoms with Gasteiger partial charge in [0.1, 0.15) is 5.56 Å². The topological polar surface area (TPSA) is 60.9 Å². The lowest BCUT2D eigenvalue weighted by atomic mass is 10.1. The van der Waals surface area contributed by atoms with Gasteiger partial charge < -0.3 is 9.09 Å². The predicted octanol–water partition coefficient (Wildman–Crippen LogP) is 3.87. The summed E-state index contributed by atoms with van der Waals surface area (Å²) in [4.78, 5) is 17.4. The van der Waals surface area contributed by atoms with Crippen LogP contribution < -0.4 is 5.43 Å². The van der Waals surface area contributed by atoms with E-state index in [9.17, 15) is 4.79 Å². The van der Waals surface area contributed by atoms with E-state index in [1.165, 1.54) is 0 Å². The highest BCUT2D eigenvalue weighted by Crippen LogP contribution is 2.24. The molecule has 0 spiro atoms. The van der Waals surface area contributed by atoms with Crippen LogP contribution in [0.25, 0.3) is 33.7 Å². The summed E-state index contributed by atoms with van der Waals surface area (Å²) in [6, 6.07) is 13.6. The first-order valence-corrected chi connectivity index (χ1v) is 8.04. The van der Waals surface area contributed by atoms with Gasteiger partial charge in [0.05, 0.1) is 5.52 Å². The van der Waals surface area contributed by atoms with Gasteiger partial charge >= 0.3 is 0 Å². The normalized spacial score (nSPS) is 11.2. The number of rotatable bonds is 2. The van der Waals surface area contributed by atoms with Crippen molar-refractivity contribution in [2.45, 2.75) is 13.8 Å². The van der Waals surface area contributed by atoms with Crippen molar-refractivity contribution < 1.29 is 4.52 Å². The summed E-state index contributed by atoms with van der Waals surface area (Å²) in [5, 5.41) is 4.71. The molecule has 2 aromatic heterocycles. The Hall–Kier alpha value is -3.21. The molecule has 25 heavy (non-hydrogen) atoms. The number of benzene rings is 2. The van der Waals surface area contributed by atoms with Crippen LogP contribution in [0.4, 0.5) is 0 Å². The number of aromatic nitrogens is 3. The minimum atomic E-state index is -0.100. The summed E-state index contributed by atoms with van der Waals surface area (Å²) in [7, 11) is 1.90. The highest BCUT2D eigenvalue weighted by molar-refractivity contribution is 5.83. The van der Waals surface area contributed by atoms with Crippen LogP contribution >= 0.6 is 0 Å². The average Bonchev–Trinajstić information content (AvgIpc) is 3.08. The van der Waals surface area contributed by atoms with Gasteiger partial charge in [-0.2, -0.15) is 4.98 Å². The first-order chi connectivity index (χ1) is 12.0. The molecular formula is C20H17N3O2. The van der Waals surface area contributed by atoms with Crippen LogP contribution in [0.3, 0.4) is 0 Å². The number of fused-ring (bicyclic) bond motifs is 1. The van der Waals surface area contributed by atoms with Crippen LogP contribution in [0.2, 0.25) is 0 Å². The van der Waals surface area contributed by atoms with Gasteiger partial charge in [-0.25, -0.2) is 0 Å². The molecule has 4 rings (SSSR count). The second kappa shape index (κ2) is 5.70. The molecule has 0 aliphatic carbocycles. The van der Waals surface area contributed by atoms with E-state index in [1.54, 1.807) is 6.20 Å². The SMILES string of the molecule is Cc1ccc2c(c1)c(=O)c(-c1nc(-c3ccccc3C)no1)cn2C. The number of pyridine rings is 1. The molecule has 2 aromatic carbocycles. The minimum absolute atomic E-state index is 0.100. The van der Waals surface area contributed by atoms with Gasteiger partial charge in [-0.05, 0) is 31.5 Å². The first-order valence-electron chi connectivity index (χ1n) is 8.04. The molecule has 0 N–H and O–H groups in total. The molecule has 5 nitrogen and oxygen atoms in total. The quantitative estimate of drug-likeness (QED) is 0.559. The molecule has 0 radical (unpaired) electrons. The lowest BCUT2D eigenvalue weighted by molar-refractivity contribution is 0.431. The lowest BCUT2D eigenvalue weighted by Crippen LogP contribution is -2.10. The van der Waals surface area contributed by atoms with E-state index in [2.05, 4.69) is 10.1 Å². The highest BCUT2D eigenvalue weighted by Gasteiger charge is 2.17. The monoisotopic (exact) mass is 331 g/mol. The molecule has 2 heterocycles. The Labute approximate surface area is 144 Å². The fourth-order valence-corrected chi connectivity index (χ4v) is 3.02. The van der Waals surface area contributed by atoms with Gasteiger partial charge in [0.2, 0.25) is 11.3 Å². The van der Waals surface area contributed by atoms with Crippen LogP contribution in [0, 0.1) is 13.8 Å². The van der Waals surface area contributed by atoms with Crippen molar-refractivity contribution in [3.05, 3.63) is 70.0 Å². The lowest BCUT2D eigenvalue weighted by Gasteiger charge is -2.07. The van der Waals surface area contributed by atoms with E-state index >= 15 is 0 Å². The Kier molecular flexibility index (Phi) is 3.50.